The van der Waals surface area contributed by atoms with Crippen LogP contribution in [0.25, 0.3) is 5.57 Å². The van der Waals surface area contributed by atoms with Gasteiger partial charge in [-0.1, -0.05) is 31.6 Å². The smallest absolute Gasteiger partial charge is 0.107 e. The molecule has 3 rings (SSSR count). The van der Waals surface area contributed by atoms with Crippen LogP contribution in [0.15, 0.2) is 23.1 Å². The monoisotopic (exact) mass is 302 g/mol. The van der Waals surface area contributed by atoms with Gasteiger partial charge >= 0.3 is 0 Å². The molecule has 1 saturated carbocycles. The number of thiazole rings is 1. The fourth-order valence-corrected chi connectivity index (χ4v) is 3.79. The van der Waals surface area contributed by atoms with Crippen LogP contribution in [0.5, 0.6) is 0 Å². The molecular formula is C18H26N2S. The molecule has 3 heteroatoms. The maximum atomic E-state index is 4.85. The summed E-state index contributed by atoms with van der Waals surface area (Å²) in [7, 11) is 0. The van der Waals surface area contributed by atoms with Crippen molar-refractivity contribution in [2.45, 2.75) is 52.5 Å². The Morgan fingerprint density at radius 2 is 2.00 bits per heavy atom. The lowest BCUT2D eigenvalue weighted by molar-refractivity contribution is 0.295. The second-order valence-corrected chi connectivity index (χ2v) is 7.19. The standard InChI is InChI=1S/C18H26N2S/c1-3-20(4-2)12-18-19-17(13-21-18)16-9-7-15(8-10-16)11-14-5-6-14/h7,9,13-14H,3-6,8,10-12H2,1-2H3. The first kappa shape index (κ1) is 15.0. The summed E-state index contributed by atoms with van der Waals surface area (Å²) in [4.78, 5) is 7.27. The van der Waals surface area contributed by atoms with E-state index in [1.807, 2.05) is 11.3 Å². The van der Waals surface area contributed by atoms with Gasteiger partial charge in [-0.2, -0.15) is 0 Å². The summed E-state index contributed by atoms with van der Waals surface area (Å²) in [6.45, 7) is 7.62. The Balaban J connectivity index is 1.63. The number of aromatic nitrogens is 1. The molecule has 0 aromatic carbocycles. The third-order valence-electron chi connectivity index (χ3n) is 4.62. The van der Waals surface area contributed by atoms with Crippen LogP contribution in [-0.4, -0.2) is 23.0 Å². The van der Waals surface area contributed by atoms with Gasteiger partial charge in [-0.05, 0) is 56.7 Å². The number of nitrogens with zero attached hydrogens (tertiary/aromatic N) is 2. The van der Waals surface area contributed by atoms with Crippen LogP contribution in [0.2, 0.25) is 0 Å². The maximum absolute atomic E-state index is 4.85. The van der Waals surface area contributed by atoms with E-state index in [0.717, 1.165) is 25.6 Å². The van der Waals surface area contributed by atoms with Crippen LogP contribution in [-0.2, 0) is 6.54 Å². The van der Waals surface area contributed by atoms with Crippen LogP contribution in [0.4, 0.5) is 0 Å². The molecule has 1 fully saturated rings. The van der Waals surface area contributed by atoms with E-state index in [1.54, 1.807) is 5.57 Å². The zero-order valence-electron chi connectivity index (χ0n) is 13.3. The van der Waals surface area contributed by atoms with Gasteiger partial charge in [0.25, 0.3) is 0 Å². The third kappa shape index (κ3) is 4.04. The van der Waals surface area contributed by atoms with Gasteiger partial charge in [0, 0.05) is 5.38 Å². The van der Waals surface area contributed by atoms with Crippen molar-refractivity contribution in [3.63, 3.8) is 0 Å². The highest BCUT2D eigenvalue weighted by molar-refractivity contribution is 7.09. The van der Waals surface area contributed by atoms with Gasteiger partial charge in [-0.15, -0.1) is 11.3 Å². The van der Waals surface area contributed by atoms with E-state index in [1.165, 1.54) is 48.4 Å². The molecular weight excluding hydrogens is 276 g/mol. The first-order valence-electron chi connectivity index (χ1n) is 8.34. The molecule has 0 N–H and O–H groups in total. The van der Waals surface area contributed by atoms with Crippen molar-refractivity contribution in [2.24, 2.45) is 5.92 Å². The highest BCUT2D eigenvalue weighted by Crippen LogP contribution is 2.38. The third-order valence-corrected chi connectivity index (χ3v) is 5.45. The topological polar surface area (TPSA) is 16.1 Å². The first-order valence-corrected chi connectivity index (χ1v) is 9.22. The van der Waals surface area contributed by atoms with E-state index in [-0.39, 0.29) is 0 Å². The Kier molecular flexibility index (Phi) is 4.91. The van der Waals surface area contributed by atoms with Gasteiger partial charge in [0.2, 0.25) is 0 Å². The zero-order valence-corrected chi connectivity index (χ0v) is 14.1. The molecule has 0 aliphatic heterocycles. The first-order chi connectivity index (χ1) is 10.3. The van der Waals surface area contributed by atoms with Crippen LogP contribution in [0.3, 0.4) is 0 Å². The minimum absolute atomic E-state index is 0.994. The molecule has 2 aliphatic rings. The lowest BCUT2D eigenvalue weighted by atomic mass is 9.94. The molecule has 1 heterocycles. The SMILES string of the molecule is CCN(CC)Cc1nc(C2=CC=C(CC3CC3)CC2)cs1. The molecule has 114 valence electrons. The number of hydrogen-bond acceptors (Lipinski definition) is 3. The fraction of sp³-hybridized carbons (Fsp3) is 0.611. The van der Waals surface area contributed by atoms with Crippen molar-refractivity contribution in [2.75, 3.05) is 13.1 Å². The average molecular weight is 302 g/mol. The van der Waals surface area contributed by atoms with E-state index < -0.39 is 0 Å². The molecule has 0 radical (unpaired) electrons. The summed E-state index contributed by atoms with van der Waals surface area (Å²) in [6, 6.07) is 0. The van der Waals surface area contributed by atoms with Gasteiger partial charge < -0.3 is 0 Å². The normalized spacial score (nSPS) is 18.8. The Morgan fingerprint density at radius 1 is 1.19 bits per heavy atom. The summed E-state index contributed by atoms with van der Waals surface area (Å²) in [6.07, 6.45) is 11.3. The predicted octanol–water partition coefficient (Wildman–Crippen LogP) is 4.89. The predicted molar refractivity (Wildman–Crippen MR) is 91.4 cm³/mol. The van der Waals surface area contributed by atoms with Gasteiger partial charge in [0.1, 0.15) is 5.01 Å². The molecule has 0 saturated heterocycles. The minimum Gasteiger partial charge on any atom is -0.297 e. The van der Waals surface area contributed by atoms with E-state index in [4.69, 9.17) is 4.98 Å². The number of rotatable bonds is 7. The summed E-state index contributed by atoms with van der Waals surface area (Å²) in [5, 5.41) is 3.49. The maximum Gasteiger partial charge on any atom is 0.107 e. The summed E-state index contributed by atoms with van der Waals surface area (Å²) < 4.78 is 0. The van der Waals surface area contributed by atoms with Crippen molar-refractivity contribution in [3.05, 3.63) is 33.8 Å². The quantitative estimate of drug-likeness (QED) is 0.713. The van der Waals surface area contributed by atoms with Gasteiger partial charge in [0.15, 0.2) is 0 Å². The van der Waals surface area contributed by atoms with Gasteiger partial charge in [0.05, 0.1) is 12.2 Å². The van der Waals surface area contributed by atoms with E-state index >= 15 is 0 Å². The van der Waals surface area contributed by atoms with Crippen molar-refractivity contribution in [1.29, 1.82) is 0 Å². The lowest BCUT2D eigenvalue weighted by Crippen LogP contribution is -2.21. The molecule has 0 spiro atoms. The Bertz CT molecular complexity index is 533. The van der Waals surface area contributed by atoms with E-state index in [9.17, 15) is 0 Å². The molecule has 2 nitrogen and oxygen atoms in total. The highest BCUT2D eigenvalue weighted by Gasteiger charge is 2.23. The van der Waals surface area contributed by atoms with Crippen molar-refractivity contribution in [3.8, 4) is 0 Å². The Morgan fingerprint density at radius 3 is 2.62 bits per heavy atom. The molecule has 0 atom stereocenters. The van der Waals surface area contributed by atoms with Crippen molar-refractivity contribution >= 4 is 16.9 Å². The second-order valence-electron chi connectivity index (χ2n) is 6.25. The number of hydrogen-bond donors (Lipinski definition) is 0. The second kappa shape index (κ2) is 6.89. The Hall–Kier alpha value is -0.930. The molecule has 2 aliphatic carbocycles. The summed E-state index contributed by atoms with van der Waals surface area (Å²) in [5.74, 6) is 1.01. The van der Waals surface area contributed by atoms with Crippen LogP contribution in [0.1, 0.15) is 56.7 Å². The average Bonchev–Trinajstić information content (AvgIpc) is 3.21. The van der Waals surface area contributed by atoms with Crippen LogP contribution in [0, 0.1) is 5.92 Å². The van der Waals surface area contributed by atoms with Crippen LogP contribution < -0.4 is 0 Å². The largest absolute Gasteiger partial charge is 0.297 e. The molecule has 1 aromatic heterocycles. The van der Waals surface area contributed by atoms with Crippen molar-refractivity contribution < 1.29 is 0 Å². The van der Waals surface area contributed by atoms with Crippen LogP contribution >= 0.6 is 11.3 Å². The molecule has 0 unspecified atom stereocenters. The van der Waals surface area contributed by atoms with Crippen molar-refractivity contribution in [1.82, 2.24) is 9.88 Å². The van der Waals surface area contributed by atoms with E-state index in [2.05, 4.69) is 36.3 Å². The van der Waals surface area contributed by atoms with Gasteiger partial charge in [-0.3, -0.25) is 4.90 Å². The number of allylic oxidation sites excluding steroid dienone is 4. The molecule has 1 aromatic rings. The zero-order chi connectivity index (χ0) is 14.7. The summed E-state index contributed by atoms with van der Waals surface area (Å²) in [5.41, 5.74) is 4.29. The molecule has 21 heavy (non-hydrogen) atoms. The Labute approximate surface area is 132 Å². The van der Waals surface area contributed by atoms with E-state index in [0.29, 0.717) is 0 Å². The lowest BCUT2D eigenvalue weighted by Gasteiger charge is -2.16. The van der Waals surface area contributed by atoms with Gasteiger partial charge in [-0.25, -0.2) is 4.98 Å². The highest BCUT2D eigenvalue weighted by atomic mass is 32.1. The fourth-order valence-electron chi connectivity index (χ4n) is 2.93. The summed E-state index contributed by atoms with van der Waals surface area (Å²) >= 11 is 1.81. The molecule has 0 bridgehead atoms. The molecule has 0 amide bonds. The minimum atomic E-state index is 0.994.